The van der Waals surface area contributed by atoms with E-state index in [0.717, 1.165) is 19.0 Å². The molecule has 3 heteroatoms. The Bertz CT molecular complexity index is 182. The van der Waals surface area contributed by atoms with Crippen molar-refractivity contribution in [2.75, 3.05) is 13.1 Å². The first-order valence-corrected chi connectivity index (χ1v) is 5.05. The quantitative estimate of drug-likeness (QED) is 0.725. The third kappa shape index (κ3) is 3.35. The molecular weight excluding hydrogens is 166 g/mol. The molecule has 1 heterocycles. The summed E-state index contributed by atoms with van der Waals surface area (Å²) in [5, 5.41) is 8.65. The largest absolute Gasteiger partial charge is 0.481 e. The molecule has 0 bridgehead atoms. The van der Waals surface area contributed by atoms with Gasteiger partial charge in [0.15, 0.2) is 0 Å². The molecule has 0 radical (unpaired) electrons. The molecule has 2 atom stereocenters. The van der Waals surface area contributed by atoms with Gasteiger partial charge < -0.3 is 5.11 Å². The fourth-order valence-electron chi connectivity index (χ4n) is 2.01. The van der Waals surface area contributed by atoms with Gasteiger partial charge in [-0.3, -0.25) is 9.69 Å². The molecular formula is C10H19NO2. The standard InChI is InChI=1S/C10H19NO2/c1-8-4-3-5-11(7-8)9(2)6-10(12)13/h8-9H,3-7H2,1-2H3,(H,12,13). The topological polar surface area (TPSA) is 40.5 Å². The van der Waals surface area contributed by atoms with E-state index in [2.05, 4.69) is 11.8 Å². The van der Waals surface area contributed by atoms with Crippen LogP contribution in [0.15, 0.2) is 0 Å². The second-order valence-corrected chi connectivity index (χ2v) is 4.19. The van der Waals surface area contributed by atoms with E-state index in [0.29, 0.717) is 0 Å². The predicted molar refractivity (Wildman–Crippen MR) is 51.7 cm³/mol. The summed E-state index contributed by atoms with van der Waals surface area (Å²) in [4.78, 5) is 12.8. The van der Waals surface area contributed by atoms with Crippen LogP contribution in [0.3, 0.4) is 0 Å². The molecule has 13 heavy (non-hydrogen) atoms. The molecule has 0 aliphatic carbocycles. The summed E-state index contributed by atoms with van der Waals surface area (Å²) in [5.74, 6) is 0.0377. The Morgan fingerprint density at radius 3 is 2.92 bits per heavy atom. The highest BCUT2D eigenvalue weighted by molar-refractivity contribution is 5.67. The van der Waals surface area contributed by atoms with Crippen LogP contribution in [-0.2, 0) is 4.79 Å². The molecule has 0 aromatic heterocycles. The first-order chi connectivity index (χ1) is 6.09. The zero-order chi connectivity index (χ0) is 9.84. The van der Waals surface area contributed by atoms with Crippen molar-refractivity contribution in [1.82, 2.24) is 4.90 Å². The van der Waals surface area contributed by atoms with Crippen LogP contribution in [0.2, 0.25) is 0 Å². The Morgan fingerprint density at radius 2 is 2.38 bits per heavy atom. The lowest BCUT2D eigenvalue weighted by Crippen LogP contribution is -2.41. The van der Waals surface area contributed by atoms with Gasteiger partial charge in [-0.1, -0.05) is 6.92 Å². The van der Waals surface area contributed by atoms with Crippen LogP contribution < -0.4 is 0 Å². The number of hydrogen-bond acceptors (Lipinski definition) is 2. The SMILES string of the molecule is CC1CCCN(C(C)CC(=O)O)C1. The lowest BCUT2D eigenvalue weighted by Gasteiger charge is -2.34. The molecule has 1 aliphatic rings. The van der Waals surface area contributed by atoms with Crippen molar-refractivity contribution in [3.63, 3.8) is 0 Å². The third-order valence-corrected chi connectivity index (χ3v) is 2.78. The molecule has 1 aliphatic heterocycles. The van der Waals surface area contributed by atoms with Crippen LogP contribution >= 0.6 is 0 Å². The summed E-state index contributed by atoms with van der Waals surface area (Å²) < 4.78 is 0. The molecule has 0 saturated carbocycles. The van der Waals surface area contributed by atoms with Crippen molar-refractivity contribution in [2.24, 2.45) is 5.92 Å². The van der Waals surface area contributed by atoms with Crippen LogP contribution in [0.1, 0.15) is 33.1 Å². The van der Waals surface area contributed by atoms with Gasteiger partial charge in [-0.2, -0.15) is 0 Å². The highest BCUT2D eigenvalue weighted by Crippen LogP contribution is 2.18. The minimum absolute atomic E-state index is 0.195. The molecule has 0 amide bonds. The molecule has 0 aromatic carbocycles. The van der Waals surface area contributed by atoms with E-state index < -0.39 is 5.97 Å². The molecule has 2 unspecified atom stereocenters. The zero-order valence-electron chi connectivity index (χ0n) is 8.49. The molecule has 76 valence electrons. The lowest BCUT2D eigenvalue weighted by atomic mass is 9.98. The average Bonchev–Trinajstić information content (AvgIpc) is 2.03. The number of piperidine rings is 1. The molecule has 1 N–H and O–H groups in total. The van der Waals surface area contributed by atoms with E-state index in [4.69, 9.17) is 5.11 Å². The van der Waals surface area contributed by atoms with Gasteiger partial charge in [0, 0.05) is 12.6 Å². The summed E-state index contributed by atoms with van der Waals surface area (Å²) in [5.41, 5.74) is 0. The van der Waals surface area contributed by atoms with Crippen LogP contribution in [0.5, 0.6) is 0 Å². The third-order valence-electron chi connectivity index (χ3n) is 2.78. The Morgan fingerprint density at radius 1 is 1.69 bits per heavy atom. The van der Waals surface area contributed by atoms with E-state index in [1.54, 1.807) is 0 Å². The molecule has 1 saturated heterocycles. The first-order valence-electron chi connectivity index (χ1n) is 5.05. The Kier molecular flexibility index (Phi) is 3.72. The van der Waals surface area contributed by atoms with E-state index in [1.165, 1.54) is 12.8 Å². The first kappa shape index (κ1) is 10.5. The van der Waals surface area contributed by atoms with Crippen molar-refractivity contribution in [3.05, 3.63) is 0 Å². The minimum Gasteiger partial charge on any atom is -0.481 e. The van der Waals surface area contributed by atoms with E-state index in [1.807, 2.05) is 6.92 Å². The Labute approximate surface area is 79.7 Å². The highest BCUT2D eigenvalue weighted by Gasteiger charge is 2.22. The number of carbonyl (C=O) groups is 1. The smallest absolute Gasteiger partial charge is 0.304 e. The van der Waals surface area contributed by atoms with Crippen LogP contribution in [0, 0.1) is 5.92 Å². The van der Waals surface area contributed by atoms with Gasteiger partial charge in [-0.05, 0) is 32.2 Å². The summed E-state index contributed by atoms with van der Waals surface area (Å²) >= 11 is 0. The van der Waals surface area contributed by atoms with Crippen molar-refractivity contribution >= 4 is 5.97 Å². The van der Waals surface area contributed by atoms with E-state index >= 15 is 0 Å². The maximum atomic E-state index is 10.5. The second-order valence-electron chi connectivity index (χ2n) is 4.19. The van der Waals surface area contributed by atoms with Gasteiger partial charge in [-0.25, -0.2) is 0 Å². The normalized spacial score (nSPS) is 27.1. The van der Waals surface area contributed by atoms with Crippen molar-refractivity contribution < 1.29 is 9.90 Å². The van der Waals surface area contributed by atoms with Crippen molar-refractivity contribution in [3.8, 4) is 0 Å². The second kappa shape index (κ2) is 4.61. The maximum Gasteiger partial charge on any atom is 0.304 e. The number of likely N-dealkylation sites (tertiary alicyclic amines) is 1. The lowest BCUT2D eigenvalue weighted by molar-refractivity contribution is -0.138. The maximum absolute atomic E-state index is 10.5. The van der Waals surface area contributed by atoms with Gasteiger partial charge >= 0.3 is 5.97 Å². The highest BCUT2D eigenvalue weighted by atomic mass is 16.4. The molecule has 1 fully saturated rings. The predicted octanol–water partition coefficient (Wildman–Crippen LogP) is 1.58. The molecule has 3 nitrogen and oxygen atoms in total. The summed E-state index contributed by atoms with van der Waals surface area (Å²) in [6.07, 6.45) is 2.77. The van der Waals surface area contributed by atoms with E-state index in [-0.39, 0.29) is 12.5 Å². The molecule has 0 spiro atoms. The van der Waals surface area contributed by atoms with Crippen molar-refractivity contribution in [1.29, 1.82) is 0 Å². The summed E-state index contributed by atoms with van der Waals surface area (Å²) in [6, 6.07) is 0.195. The number of carboxylic acid groups (broad SMARTS) is 1. The fourth-order valence-corrected chi connectivity index (χ4v) is 2.01. The number of hydrogen-bond donors (Lipinski definition) is 1. The van der Waals surface area contributed by atoms with Gasteiger partial charge in [0.2, 0.25) is 0 Å². The fraction of sp³-hybridized carbons (Fsp3) is 0.900. The Balaban J connectivity index is 2.36. The number of nitrogens with zero attached hydrogens (tertiary/aromatic N) is 1. The monoisotopic (exact) mass is 185 g/mol. The zero-order valence-corrected chi connectivity index (χ0v) is 8.49. The van der Waals surface area contributed by atoms with Gasteiger partial charge in [0.05, 0.1) is 6.42 Å². The number of aliphatic carboxylic acids is 1. The average molecular weight is 185 g/mol. The number of rotatable bonds is 3. The molecule has 0 aromatic rings. The minimum atomic E-state index is -0.689. The van der Waals surface area contributed by atoms with Crippen LogP contribution in [-0.4, -0.2) is 35.1 Å². The Hall–Kier alpha value is -0.570. The van der Waals surface area contributed by atoms with Gasteiger partial charge in [0.25, 0.3) is 0 Å². The van der Waals surface area contributed by atoms with Crippen molar-refractivity contribution in [2.45, 2.75) is 39.2 Å². The summed E-state index contributed by atoms with van der Waals surface area (Å²) in [7, 11) is 0. The van der Waals surface area contributed by atoms with Gasteiger partial charge in [-0.15, -0.1) is 0 Å². The number of carboxylic acids is 1. The van der Waals surface area contributed by atoms with E-state index in [9.17, 15) is 4.79 Å². The van der Waals surface area contributed by atoms with Gasteiger partial charge in [0.1, 0.15) is 0 Å². The van der Waals surface area contributed by atoms with Crippen LogP contribution in [0.4, 0.5) is 0 Å². The van der Waals surface area contributed by atoms with Crippen LogP contribution in [0.25, 0.3) is 0 Å². The summed E-state index contributed by atoms with van der Waals surface area (Å²) in [6.45, 7) is 6.37. The molecule has 1 rings (SSSR count).